The van der Waals surface area contributed by atoms with Gasteiger partial charge in [-0.15, -0.1) is 10.2 Å². The summed E-state index contributed by atoms with van der Waals surface area (Å²) in [7, 11) is 0. The number of rotatable bonds is 5. The molecule has 1 aliphatic carbocycles. The topological polar surface area (TPSA) is 61.6 Å². The first-order valence-corrected chi connectivity index (χ1v) is 8.50. The zero-order valence-electron chi connectivity index (χ0n) is 11.5. The average molecular weight is 296 g/mol. The Morgan fingerprint density at radius 1 is 1.58 bits per heavy atom. The molecule has 0 aliphatic heterocycles. The lowest BCUT2D eigenvalue weighted by Crippen LogP contribution is -2.48. The fraction of sp³-hybridized carbons (Fsp3) is 0.769. The number of aryl methyl sites for hydroxylation is 1. The normalized spacial score (nSPS) is 27.1. The third kappa shape index (κ3) is 3.91. The highest BCUT2D eigenvalue weighted by molar-refractivity contribution is 8.01. The van der Waals surface area contributed by atoms with E-state index in [0.29, 0.717) is 5.25 Å². The molecular formula is C13H20N4S2. The minimum atomic E-state index is -0.328. The molecule has 1 aromatic rings. The second-order valence-corrected chi connectivity index (χ2v) is 7.77. The van der Waals surface area contributed by atoms with Crippen LogP contribution in [0.2, 0.25) is 0 Å². The molecule has 0 amide bonds. The summed E-state index contributed by atoms with van der Waals surface area (Å²) >= 11 is 3.43. The lowest BCUT2D eigenvalue weighted by molar-refractivity contribution is 0.305. The molecule has 6 heteroatoms. The molecule has 2 rings (SSSR count). The van der Waals surface area contributed by atoms with E-state index in [9.17, 15) is 5.26 Å². The van der Waals surface area contributed by atoms with E-state index in [0.717, 1.165) is 41.6 Å². The maximum atomic E-state index is 9.51. The van der Waals surface area contributed by atoms with Crippen LogP contribution in [0.1, 0.15) is 44.0 Å². The Hall–Kier alpha value is -0.640. The molecule has 0 saturated heterocycles. The van der Waals surface area contributed by atoms with Gasteiger partial charge in [-0.3, -0.25) is 5.32 Å². The summed E-state index contributed by atoms with van der Waals surface area (Å²) in [5, 5.41) is 22.7. The Bertz CT molecular complexity index is 454. The van der Waals surface area contributed by atoms with Crippen LogP contribution < -0.4 is 5.32 Å². The molecule has 104 valence electrons. The molecule has 19 heavy (non-hydrogen) atoms. The van der Waals surface area contributed by atoms with Crippen molar-refractivity contribution in [1.29, 1.82) is 5.26 Å². The molecule has 0 spiro atoms. The van der Waals surface area contributed by atoms with Crippen molar-refractivity contribution in [2.75, 3.05) is 6.54 Å². The first-order chi connectivity index (χ1) is 9.17. The molecule has 0 aromatic carbocycles. The number of aromatic nitrogens is 2. The second-order valence-electron chi connectivity index (χ2n) is 5.04. The fourth-order valence-electron chi connectivity index (χ4n) is 2.46. The summed E-state index contributed by atoms with van der Waals surface area (Å²) in [6.07, 6.45) is 5.22. The van der Waals surface area contributed by atoms with Crippen molar-refractivity contribution in [2.45, 2.75) is 61.1 Å². The van der Waals surface area contributed by atoms with Gasteiger partial charge in [0.15, 0.2) is 4.34 Å². The zero-order valence-corrected chi connectivity index (χ0v) is 13.1. The highest BCUT2D eigenvalue weighted by Crippen LogP contribution is 2.38. The molecule has 1 N–H and O–H groups in total. The summed E-state index contributed by atoms with van der Waals surface area (Å²) in [5.74, 6) is 0. The minimum absolute atomic E-state index is 0.328. The monoisotopic (exact) mass is 296 g/mol. The van der Waals surface area contributed by atoms with Crippen molar-refractivity contribution in [3.8, 4) is 6.07 Å². The van der Waals surface area contributed by atoms with E-state index in [-0.39, 0.29) is 5.54 Å². The zero-order chi connectivity index (χ0) is 13.7. The first kappa shape index (κ1) is 14.8. The van der Waals surface area contributed by atoms with E-state index in [1.807, 2.05) is 6.92 Å². The minimum Gasteiger partial charge on any atom is -0.299 e. The molecule has 1 fully saturated rings. The Balaban J connectivity index is 1.97. The molecule has 1 aliphatic rings. The molecule has 2 unspecified atom stereocenters. The molecule has 0 bridgehead atoms. The van der Waals surface area contributed by atoms with Crippen LogP contribution in [0, 0.1) is 18.3 Å². The Labute approximate surface area is 123 Å². The number of nitrogens with zero attached hydrogens (tertiary/aromatic N) is 3. The molecule has 2 atom stereocenters. The number of nitriles is 1. The van der Waals surface area contributed by atoms with Crippen LogP contribution in [-0.4, -0.2) is 27.5 Å². The largest absolute Gasteiger partial charge is 0.299 e. The van der Waals surface area contributed by atoms with Gasteiger partial charge in [0, 0.05) is 5.25 Å². The maximum Gasteiger partial charge on any atom is 0.174 e. The standard InChI is InChI=1S/C13H20N4S2/c1-3-7-15-13(9-14)6-4-5-11(8-13)19-12-17-16-10(2)18-12/h11,15H,3-8H2,1-2H3. The number of nitrogens with one attached hydrogen (secondary N) is 1. The van der Waals surface area contributed by atoms with Gasteiger partial charge < -0.3 is 0 Å². The van der Waals surface area contributed by atoms with Gasteiger partial charge in [-0.25, -0.2) is 0 Å². The predicted octanol–water partition coefficient (Wildman–Crippen LogP) is 3.14. The quantitative estimate of drug-likeness (QED) is 0.904. The van der Waals surface area contributed by atoms with E-state index in [1.165, 1.54) is 6.42 Å². The summed E-state index contributed by atoms with van der Waals surface area (Å²) < 4.78 is 1.03. The van der Waals surface area contributed by atoms with Gasteiger partial charge in [0.2, 0.25) is 0 Å². The van der Waals surface area contributed by atoms with Crippen LogP contribution in [-0.2, 0) is 0 Å². The lowest BCUT2D eigenvalue weighted by atomic mass is 9.82. The van der Waals surface area contributed by atoms with Gasteiger partial charge in [0.05, 0.1) is 6.07 Å². The summed E-state index contributed by atoms with van der Waals surface area (Å²) in [4.78, 5) is 0. The van der Waals surface area contributed by atoms with Crippen LogP contribution in [0.15, 0.2) is 4.34 Å². The van der Waals surface area contributed by atoms with Crippen molar-refractivity contribution in [3.05, 3.63) is 5.01 Å². The molecule has 0 radical (unpaired) electrons. The van der Waals surface area contributed by atoms with Crippen molar-refractivity contribution in [2.24, 2.45) is 0 Å². The van der Waals surface area contributed by atoms with Crippen LogP contribution in [0.3, 0.4) is 0 Å². The maximum absolute atomic E-state index is 9.51. The van der Waals surface area contributed by atoms with Crippen LogP contribution >= 0.6 is 23.1 Å². The van der Waals surface area contributed by atoms with E-state index in [4.69, 9.17) is 0 Å². The van der Waals surface area contributed by atoms with E-state index >= 15 is 0 Å². The predicted molar refractivity (Wildman–Crippen MR) is 79.4 cm³/mol. The van der Waals surface area contributed by atoms with Crippen LogP contribution in [0.4, 0.5) is 0 Å². The van der Waals surface area contributed by atoms with Crippen LogP contribution in [0.25, 0.3) is 0 Å². The molecule has 1 aromatic heterocycles. The van der Waals surface area contributed by atoms with E-state index in [2.05, 4.69) is 28.5 Å². The highest BCUT2D eigenvalue weighted by Gasteiger charge is 2.36. The molecular weight excluding hydrogens is 276 g/mol. The van der Waals surface area contributed by atoms with E-state index in [1.54, 1.807) is 23.1 Å². The number of hydrogen-bond donors (Lipinski definition) is 1. The van der Waals surface area contributed by atoms with Gasteiger partial charge in [-0.2, -0.15) is 5.26 Å². The summed E-state index contributed by atoms with van der Waals surface area (Å²) in [6, 6.07) is 2.52. The van der Waals surface area contributed by atoms with Crippen LogP contribution in [0.5, 0.6) is 0 Å². The third-order valence-electron chi connectivity index (χ3n) is 3.41. The van der Waals surface area contributed by atoms with Gasteiger partial charge in [-0.1, -0.05) is 30.0 Å². The van der Waals surface area contributed by atoms with E-state index < -0.39 is 0 Å². The third-order valence-corrected chi connectivity index (χ3v) is 5.60. The molecule has 1 heterocycles. The Morgan fingerprint density at radius 2 is 2.42 bits per heavy atom. The van der Waals surface area contributed by atoms with Gasteiger partial charge in [-0.05, 0) is 45.6 Å². The average Bonchev–Trinajstić information content (AvgIpc) is 2.82. The van der Waals surface area contributed by atoms with Crippen molar-refractivity contribution >= 4 is 23.1 Å². The smallest absolute Gasteiger partial charge is 0.174 e. The Kier molecular flexibility index (Phi) is 5.20. The van der Waals surface area contributed by atoms with Gasteiger partial charge in [0.25, 0.3) is 0 Å². The summed E-state index contributed by atoms with van der Waals surface area (Å²) in [6.45, 7) is 5.03. The van der Waals surface area contributed by atoms with Gasteiger partial charge >= 0.3 is 0 Å². The van der Waals surface area contributed by atoms with Gasteiger partial charge in [0.1, 0.15) is 10.5 Å². The molecule has 4 nitrogen and oxygen atoms in total. The number of hydrogen-bond acceptors (Lipinski definition) is 6. The van der Waals surface area contributed by atoms with Crippen molar-refractivity contribution in [3.63, 3.8) is 0 Å². The fourth-order valence-corrected chi connectivity index (χ4v) is 4.86. The Morgan fingerprint density at radius 3 is 3.05 bits per heavy atom. The summed E-state index contributed by atoms with van der Waals surface area (Å²) in [5.41, 5.74) is -0.328. The highest BCUT2D eigenvalue weighted by atomic mass is 32.2. The lowest BCUT2D eigenvalue weighted by Gasteiger charge is -2.35. The van der Waals surface area contributed by atoms with Crippen molar-refractivity contribution in [1.82, 2.24) is 15.5 Å². The second kappa shape index (κ2) is 6.69. The number of thioether (sulfide) groups is 1. The van der Waals surface area contributed by atoms with Crippen molar-refractivity contribution < 1.29 is 0 Å². The molecule has 1 saturated carbocycles. The first-order valence-electron chi connectivity index (χ1n) is 6.80. The SMILES string of the molecule is CCCNC1(C#N)CCCC(Sc2nnc(C)s2)C1.